The number of rotatable bonds is 10. The molecule has 5 atom stereocenters. The molecule has 5 aromatic rings. The van der Waals surface area contributed by atoms with Crippen molar-refractivity contribution in [2.75, 3.05) is 27.3 Å². The smallest absolute Gasteiger partial charge is 0.407 e. The Morgan fingerprint density at radius 3 is 1.61 bits per heavy atom. The van der Waals surface area contributed by atoms with Crippen LogP contribution >= 0.6 is 0 Å². The molecule has 0 aliphatic carbocycles. The number of alkyl carbamates (subject to hydrolysis) is 2. The molecule has 7 rings (SSSR count). The van der Waals surface area contributed by atoms with Crippen LogP contribution in [0, 0.1) is 17.8 Å². The van der Waals surface area contributed by atoms with Crippen molar-refractivity contribution < 1.29 is 37.5 Å². The molecule has 2 aromatic heterocycles. The van der Waals surface area contributed by atoms with Gasteiger partial charge in [-0.1, -0.05) is 71.0 Å². The van der Waals surface area contributed by atoms with Crippen molar-refractivity contribution in [2.24, 2.45) is 17.8 Å². The van der Waals surface area contributed by atoms with Gasteiger partial charge in [-0.2, -0.15) is 0 Å². The maximum Gasteiger partial charge on any atom is 0.407 e. The number of hydrogen-bond donors (Lipinski definition) is 2. The van der Waals surface area contributed by atoms with Crippen molar-refractivity contribution in [2.45, 2.75) is 78.0 Å². The average molecular weight is 779 g/mol. The minimum atomic E-state index is -0.735. The van der Waals surface area contributed by atoms with Crippen LogP contribution in [0.5, 0.6) is 0 Å². The first-order valence-corrected chi connectivity index (χ1v) is 19.6. The van der Waals surface area contributed by atoms with Gasteiger partial charge in [0, 0.05) is 13.1 Å². The molecule has 0 spiro atoms. The second kappa shape index (κ2) is 16.3. The average Bonchev–Trinajstić information content (AvgIpc) is 4.02. The van der Waals surface area contributed by atoms with E-state index in [1.807, 2.05) is 64.1 Å². The molecule has 2 fully saturated rings. The van der Waals surface area contributed by atoms with Gasteiger partial charge in [0.15, 0.2) is 11.2 Å². The van der Waals surface area contributed by atoms with Crippen molar-refractivity contribution in [3.8, 4) is 22.3 Å². The van der Waals surface area contributed by atoms with Gasteiger partial charge in [0.1, 0.15) is 35.2 Å². The van der Waals surface area contributed by atoms with E-state index < -0.39 is 24.3 Å². The fourth-order valence-electron chi connectivity index (χ4n) is 7.95. The molecule has 2 aliphatic rings. The number of hydrogen-bond acceptors (Lipinski definition) is 10. The van der Waals surface area contributed by atoms with E-state index in [0.29, 0.717) is 59.9 Å². The van der Waals surface area contributed by atoms with Crippen LogP contribution in [0.1, 0.15) is 77.7 Å². The molecule has 2 unspecified atom stereocenters. The molecule has 2 saturated heterocycles. The monoisotopic (exact) mass is 778 g/mol. The van der Waals surface area contributed by atoms with E-state index in [2.05, 4.69) is 41.8 Å². The number of amides is 4. The van der Waals surface area contributed by atoms with E-state index in [-0.39, 0.29) is 41.7 Å². The van der Waals surface area contributed by atoms with Crippen LogP contribution in [-0.4, -0.2) is 83.2 Å². The summed E-state index contributed by atoms with van der Waals surface area (Å²) in [4.78, 5) is 64.4. The number of nitrogens with one attached hydrogen (secondary N) is 2. The molecule has 4 amide bonds. The van der Waals surface area contributed by atoms with Gasteiger partial charge in [0.05, 0.1) is 14.2 Å². The molecular weight excluding hydrogens is 729 g/mol. The Labute approximate surface area is 331 Å². The molecule has 4 heterocycles. The quantitative estimate of drug-likeness (QED) is 0.144. The number of benzene rings is 3. The Morgan fingerprint density at radius 2 is 1.14 bits per heavy atom. The second-order valence-corrected chi connectivity index (χ2v) is 15.8. The van der Waals surface area contributed by atoms with Crippen molar-refractivity contribution in [3.63, 3.8) is 0 Å². The van der Waals surface area contributed by atoms with Gasteiger partial charge < -0.3 is 38.7 Å². The van der Waals surface area contributed by atoms with Gasteiger partial charge in [-0.15, -0.1) is 0 Å². The number of ether oxygens (including phenoxy) is 2. The summed E-state index contributed by atoms with van der Waals surface area (Å²) in [6, 6.07) is 17.9. The zero-order chi connectivity index (χ0) is 40.5. The minimum absolute atomic E-state index is 0.133. The molecule has 14 nitrogen and oxygen atoms in total. The molecule has 3 aromatic carbocycles. The summed E-state index contributed by atoms with van der Waals surface area (Å²) in [5, 5.41) is 5.38. The van der Waals surface area contributed by atoms with Gasteiger partial charge >= 0.3 is 12.2 Å². The van der Waals surface area contributed by atoms with Crippen molar-refractivity contribution in [1.29, 1.82) is 0 Å². The Morgan fingerprint density at radius 1 is 0.684 bits per heavy atom. The normalized spacial score (nSPS) is 19.4. The third-order valence-electron chi connectivity index (χ3n) is 11.0. The molecule has 14 heteroatoms. The lowest BCUT2D eigenvalue weighted by Crippen LogP contribution is -2.51. The number of nitrogens with zero attached hydrogens (tertiary/aromatic N) is 4. The standard InChI is InChI=1S/C43H50N6O8/c1-23(2)36(46-42(52)54-6)40(50)48-18-8-9-32(48)38-44-30-16-14-28(20-34(30)56-38)26-10-12-27(13-11-26)29-15-17-31-35(21-29)57-39(45-31)33-19-25(5)22-49(33)41(51)37(24(3)4)47-43(53)55-7/h10-17,20-21,23-25,32-33,36-37H,8-9,18-19,22H2,1-7H3,(H,46,52)(H,47,53)/t25-,32-,33?,36?,37-/m0/s1. The second-order valence-electron chi connectivity index (χ2n) is 15.8. The van der Waals surface area contributed by atoms with Gasteiger partial charge in [0.25, 0.3) is 0 Å². The largest absolute Gasteiger partial charge is 0.453 e. The van der Waals surface area contributed by atoms with Crippen LogP contribution in [0.25, 0.3) is 44.5 Å². The molecular formula is C43H50N6O8. The topological polar surface area (TPSA) is 169 Å². The van der Waals surface area contributed by atoms with E-state index in [4.69, 9.17) is 28.3 Å². The minimum Gasteiger partial charge on any atom is -0.453 e. The SMILES string of the molecule is COC(=O)NC(C(=O)N1CCC[C@H]1c1nc2ccc(-c3ccc(-c4ccc5nc(C6C[C@H](C)CN6C(=O)[C@@H](NC(=O)OC)C(C)C)oc5c4)cc3)cc2o1)C(C)C. The summed E-state index contributed by atoms with van der Waals surface area (Å²) in [6.45, 7) is 10.7. The van der Waals surface area contributed by atoms with Gasteiger partial charge in [-0.05, 0) is 83.5 Å². The summed E-state index contributed by atoms with van der Waals surface area (Å²) in [5.74, 6) is 0.544. The van der Waals surface area contributed by atoms with Gasteiger partial charge in [0.2, 0.25) is 23.6 Å². The number of oxazole rings is 2. The lowest BCUT2D eigenvalue weighted by molar-refractivity contribution is -0.136. The molecule has 0 saturated carbocycles. The van der Waals surface area contributed by atoms with Crippen LogP contribution in [0.4, 0.5) is 9.59 Å². The fourth-order valence-corrected chi connectivity index (χ4v) is 7.95. The highest BCUT2D eigenvalue weighted by atomic mass is 16.5. The van der Waals surface area contributed by atoms with Gasteiger partial charge in [-0.25, -0.2) is 19.6 Å². The summed E-state index contributed by atoms with van der Waals surface area (Å²) in [6.07, 6.45) is 0.925. The van der Waals surface area contributed by atoms with Crippen LogP contribution in [-0.2, 0) is 19.1 Å². The van der Waals surface area contributed by atoms with Crippen LogP contribution in [0.15, 0.2) is 69.5 Å². The Balaban J connectivity index is 1.07. The van der Waals surface area contributed by atoms with Crippen molar-refractivity contribution >= 4 is 46.2 Å². The first kappa shape index (κ1) is 39.3. The molecule has 2 N–H and O–H groups in total. The van der Waals surface area contributed by atoms with E-state index >= 15 is 0 Å². The van der Waals surface area contributed by atoms with Crippen molar-refractivity contribution in [3.05, 3.63) is 72.4 Å². The van der Waals surface area contributed by atoms with Crippen LogP contribution < -0.4 is 10.6 Å². The highest BCUT2D eigenvalue weighted by Gasteiger charge is 2.41. The predicted molar refractivity (Wildman–Crippen MR) is 213 cm³/mol. The Kier molecular flexibility index (Phi) is 11.2. The number of fused-ring (bicyclic) bond motifs is 2. The van der Waals surface area contributed by atoms with Crippen molar-refractivity contribution in [1.82, 2.24) is 30.4 Å². The maximum atomic E-state index is 13.7. The Hall–Kier alpha value is -5.92. The number of aromatic nitrogens is 2. The number of carbonyl (C=O) groups is 4. The number of carbonyl (C=O) groups excluding carboxylic acids is 4. The van der Waals surface area contributed by atoms with Gasteiger partial charge in [-0.3, -0.25) is 9.59 Å². The van der Waals surface area contributed by atoms with E-state index in [1.54, 1.807) is 9.80 Å². The first-order valence-electron chi connectivity index (χ1n) is 19.6. The third-order valence-corrected chi connectivity index (χ3v) is 11.0. The fraction of sp³-hybridized carbons (Fsp3) is 0.442. The van der Waals surface area contributed by atoms with E-state index in [9.17, 15) is 19.2 Å². The number of likely N-dealkylation sites (tertiary alicyclic amines) is 2. The molecule has 0 radical (unpaired) electrons. The molecule has 0 bridgehead atoms. The lowest BCUT2D eigenvalue weighted by atomic mass is 10.00. The van der Waals surface area contributed by atoms with Crippen LogP contribution in [0.3, 0.4) is 0 Å². The summed E-state index contributed by atoms with van der Waals surface area (Å²) in [7, 11) is 2.56. The lowest BCUT2D eigenvalue weighted by Gasteiger charge is -2.29. The maximum absolute atomic E-state index is 13.7. The molecule has 2 aliphatic heterocycles. The number of methoxy groups -OCH3 is 2. The zero-order valence-electron chi connectivity index (χ0n) is 33.4. The van der Waals surface area contributed by atoms with E-state index in [0.717, 1.165) is 28.7 Å². The molecule has 300 valence electrons. The third kappa shape index (κ3) is 8.03. The summed E-state index contributed by atoms with van der Waals surface area (Å²) < 4.78 is 22.2. The first-order chi connectivity index (χ1) is 27.3. The Bertz CT molecular complexity index is 2280. The van der Waals surface area contributed by atoms with Crippen LogP contribution in [0.2, 0.25) is 0 Å². The summed E-state index contributed by atoms with van der Waals surface area (Å²) in [5.41, 5.74) is 6.56. The predicted octanol–water partition coefficient (Wildman–Crippen LogP) is 7.64. The van der Waals surface area contributed by atoms with E-state index in [1.165, 1.54) is 14.2 Å². The molecule has 57 heavy (non-hydrogen) atoms. The highest BCUT2D eigenvalue weighted by molar-refractivity contribution is 5.88. The highest BCUT2D eigenvalue weighted by Crippen LogP contribution is 2.39. The zero-order valence-corrected chi connectivity index (χ0v) is 33.4. The summed E-state index contributed by atoms with van der Waals surface area (Å²) >= 11 is 0.